The van der Waals surface area contributed by atoms with E-state index in [1.165, 1.54) is 4.90 Å². The lowest BCUT2D eigenvalue weighted by Gasteiger charge is -2.22. The van der Waals surface area contributed by atoms with Gasteiger partial charge in [-0.25, -0.2) is 4.98 Å². The van der Waals surface area contributed by atoms with Gasteiger partial charge in [-0.3, -0.25) is 9.20 Å². The largest absolute Gasteiger partial charge is 0.417 e. The number of imidazole rings is 1. The zero-order valence-corrected chi connectivity index (χ0v) is 16.3. The summed E-state index contributed by atoms with van der Waals surface area (Å²) in [6.45, 7) is 1.69. The molecule has 0 saturated heterocycles. The molecule has 9 heteroatoms. The predicted molar refractivity (Wildman–Crippen MR) is 103 cm³/mol. The molecule has 0 bridgehead atoms. The number of nitrogens with zero attached hydrogens (tertiary/aromatic N) is 3. The lowest BCUT2D eigenvalue weighted by molar-refractivity contribution is -0.137. The number of aryl methyl sites for hydroxylation is 1. The summed E-state index contributed by atoms with van der Waals surface area (Å²) in [7, 11) is 0. The van der Waals surface area contributed by atoms with E-state index in [2.05, 4.69) is 4.98 Å². The fourth-order valence-electron chi connectivity index (χ4n) is 3.11. The third-order valence-electron chi connectivity index (χ3n) is 4.49. The lowest BCUT2D eigenvalue weighted by Crippen LogP contribution is -2.34. The SMILES string of the molecule is CCc1nc2c(Cl)cc(C(F)(F)F)cn2c1C(=O)N(CCO)Cc1ccccc1. The van der Waals surface area contributed by atoms with Gasteiger partial charge in [0.05, 0.1) is 22.9 Å². The second-order valence-corrected chi connectivity index (χ2v) is 6.87. The molecule has 1 aromatic carbocycles. The van der Waals surface area contributed by atoms with Crippen LogP contribution in [0.25, 0.3) is 5.65 Å². The number of aliphatic hydroxyl groups is 1. The van der Waals surface area contributed by atoms with Gasteiger partial charge in [0.1, 0.15) is 5.69 Å². The van der Waals surface area contributed by atoms with Gasteiger partial charge in [0, 0.05) is 19.3 Å². The molecule has 0 fully saturated rings. The van der Waals surface area contributed by atoms with E-state index >= 15 is 0 Å². The summed E-state index contributed by atoms with van der Waals surface area (Å²) in [6, 6.07) is 9.92. The highest BCUT2D eigenvalue weighted by molar-refractivity contribution is 6.33. The zero-order chi connectivity index (χ0) is 21.2. The predicted octanol–water partition coefficient (Wildman–Crippen LogP) is 4.20. The molecular weight excluding hydrogens is 407 g/mol. The number of pyridine rings is 1. The molecule has 0 radical (unpaired) electrons. The van der Waals surface area contributed by atoms with Gasteiger partial charge in [0.2, 0.25) is 0 Å². The highest BCUT2D eigenvalue weighted by Gasteiger charge is 2.33. The Bertz CT molecular complexity index is 1020. The van der Waals surface area contributed by atoms with E-state index in [-0.39, 0.29) is 36.1 Å². The van der Waals surface area contributed by atoms with Crippen molar-refractivity contribution in [2.24, 2.45) is 0 Å². The lowest BCUT2D eigenvalue weighted by atomic mass is 10.2. The molecule has 154 valence electrons. The van der Waals surface area contributed by atoms with E-state index in [9.17, 15) is 23.1 Å². The van der Waals surface area contributed by atoms with Crippen molar-refractivity contribution < 1.29 is 23.1 Å². The van der Waals surface area contributed by atoms with Crippen LogP contribution in [0.1, 0.15) is 34.2 Å². The number of aromatic nitrogens is 2. The highest BCUT2D eigenvalue weighted by Crippen LogP contribution is 2.33. The first-order valence-corrected chi connectivity index (χ1v) is 9.35. The Hall–Kier alpha value is -2.58. The summed E-state index contributed by atoms with van der Waals surface area (Å²) in [6.07, 6.45) is -3.46. The Labute approximate surface area is 170 Å². The monoisotopic (exact) mass is 425 g/mol. The van der Waals surface area contributed by atoms with Crippen LogP contribution in [0.4, 0.5) is 13.2 Å². The minimum atomic E-state index is -4.62. The number of rotatable bonds is 6. The van der Waals surface area contributed by atoms with E-state index in [4.69, 9.17) is 11.6 Å². The molecule has 0 saturated carbocycles. The van der Waals surface area contributed by atoms with E-state index in [0.29, 0.717) is 12.1 Å². The number of carbonyl (C=O) groups excluding carboxylic acids is 1. The molecule has 0 aliphatic heterocycles. The van der Waals surface area contributed by atoms with Crippen molar-refractivity contribution in [3.8, 4) is 0 Å². The molecule has 0 atom stereocenters. The van der Waals surface area contributed by atoms with Crippen molar-refractivity contribution in [1.82, 2.24) is 14.3 Å². The van der Waals surface area contributed by atoms with Gasteiger partial charge in [-0.15, -0.1) is 0 Å². The van der Waals surface area contributed by atoms with Crippen LogP contribution in [0.15, 0.2) is 42.6 Å². The molecular formula is C20H19ClF3N3O2. The van der Waals surface area contributed by atoms with Gasteiger partial charge in [-0.2, -0.15) is 13.2 Å². The van der Waals surface area contributed by atoms with Crippen LogP contribution in [0.2, 0.25) is 5.02 Å². The quantitative estimate of drug-likeness (QED) is 0.644. The maximum absolute atomic E-state index is 13.3. The Morgan fingerprint density at radius 3 is 2.55 bits per heavy atom. The van der Waals surface area contributed by atoms with Gasteiger partial charge in [0.15, 0.2) is 5.65 Å². The van der Waals surface area contributed by atoms with E-state index in [0.717, 1.165) is 22.2 Å². The molecule has 29 heavy (non-hydrogen) atoms. The van der Waals surface area contributed by atoms with Crippen LogP contribution in [-0.4, -0.2) is 38.4 Å². The summed E-state index contributed by atoms with van der Waals surface area (Å²) in [4.78, 5) is 19.0. The topological polar surface area (TPSA) is 57.8 Å². The second-order valence-electron chi connectivity index (χ2n) is 6.46. The third-order valence-corrected chi connectivity index (χ3v) is 4.76. The van der Waals surface area contributed by atoms with Crippen LogP contribution in [-0.2, 0) is 19.1 Å². The first kappa shape index (κ1) is 21.1. The molecule has 0 aliphatic carbocycles. The standard InChI is InChI=1S/C20H19ClF3N3O2/c1-2-16-17(19(29)26(8-9-28)11-13-6-4-3-5-7-13)27-12-14(20(22,23)24)10-15(21)18(27)25-16/h3-7,10,12,28H,2,8-9,11H2,1H3. The Balaban J connectivity index is 2.12. The van der Waals surface area contributed by atoms with Crippen molar-refractivity contribution in [2.45, 2.75) is 26.1 Å². The summed E-state index contributed by atoms with van der Waals surface area (Å²) in [5.74, 6) is -0.525. The van der Waals surface area contributed by atoms with Crippen molar-refractivity contribution in [3.05, 3.63) is 70.1 Å². The first-order chi connectivity index (χ1) is 13.8. The molecule has 3 rings (SSSR count). The fraction of sp³-hybridized carbons (Fsp3) is 0.300. The Morgan fingerprint density at radius 2 is 1.97 bits per heavy atom. The fourth-order valence-corrected chi connectivity index (χ4v) is 3.36. The van der Waals surface area contributed by atoms with E-state index in [1.54, 1.807) is 6.92 Å². The smallest absolute Gasteiger partial charge is 0.395 e. The minimum Gasteiger partial charge on any atom is -0.395 e. The van der Waals surface area contributed by atoms with Crippen molar-refractivity contribution in [3.63, 3.8) is 0 Å². The minimum absolute atomic E-state index is 0.0138. The van der Waals surface area contributed by atoms with Gasteiger partial charge in [-0.05, 0) is 18.1 Å². The van der Waals surface area contributed by atoms with E-state index < -0.39 is 17.6 Å². The summed E-state index contributed by atoms with van der Waals surface area (Å²) in [5, 5.41) is 9.22. The molecule has 1 N–H and O–H groups in total. The Morgan fingerprint density at radius 1 is 1.28 bits per heavy atom. The van der Waals surface area contributed by atoms with Crippen molar-refractivity contribution in [2.75, 3.05) is 13.2 Å². The Kier molecular flexibility index (Phi) is 6.14. The molecule has 3 aromatic rings. The second kappa shape index (κ2) is 8.42. The molecule has 0 spiro atoms. The molecule has 5 nitrogen and oxygen atoms in total. The molecule has 0 unspecified atom stereocenters. The summed E-state index contributed by atoms with van der Waals surface area (Å²) >= 11 is 6.04. The molecule has 1 amide bonds. The number of alkyl halides is 3. The number of carbonyl (C=O) groups is 1. The van der Waals surface area contributed by atoms with Crippen molar-refractivity contribution in [1.29, 1.82) is 0 Å². The number of hydrogen-bond donors (Lipinski definition) is 1. The first-order valence-electron chi connectivity index (χ1n) is 8.98. The van der Waals surface area contributed by atoms with Gasteiger partial charge in [0.25, 0.3) is 5.91 Å². The number of halogens is 4. The van der Waals surface area contributed by atoms with Crippen LogP contribution in [0.3, 0.4) is 0 Å². The van der Waals surface area contributed by atoms with Gasteiger partial charge in [-0.1, -0.05) is 48.9 Å². The van der Waals surface area contributed by atoms with Crippen LogP contribution in [0, 0.1) is 0 Å². The normalized spacial score (nSPS) is 11.8. The summed E-state index contributed by atoms with van der Waals surface area (Å²) in [5.41, 5.74) is 0.298. The number of benzene rings is 1. The number of amides is 1. The van der Waals surface area contributed by atoms with Gasteiger partial charge < -0.3 is 10.0 Å². The average Bonchev–Trinajstić information content (AvgIpc) is 3.06. The van der Waals surface area contributed by atoms with Crippen LogP contribution in [0.5, 0.6) is 0 Å². The third kappa shape index (κ3) is 4.38. The van der Waals surface area contributed by atoms with E-state index in [1.807, 2.05) is 30.3 Å². The highest BCUT2D eigenvalue weighted by atomic mass is 35.5. The molecule has 2 heterocycles. The number of aliphatic hydroxyl groups excluding tert-OH is 1. The number of hydrogen-bond acceptors (Lipinski definition) is 3. The maximum Gasteiger partial charge on any atom is 0.417 e. The van der Waals surface area contributed by atoms with Gasteiger partial charge >= 0.3 is 6.18 Å². The summed E-state index contributed by atoms with van der Waals surface area (Å²) < 4.78 is 40.9. The van der Waals surface area contributed by atoms with Crippen LogP contribution < -0.4 is 0 Å². The van der Waals surface area contributed by atoms with Crippen molar-refractivity contribution >= 4 is 23.2 Å². The van der Waals surface area contributed by atoms with Crippen LogP contribution >= 0.6 is 11.6 Å². The molecule has 0 aliphatic rings. The zero-order valence-electron chi connectivity index (χ0n) is 15.6. The number of fused-ring (bicyclic) bond motifs is 1. The molecule has 2 aromatic heterocycles. The average molecular weight is 426 g/mol. The maximum atomic E-state index is 13.3.